The predicted molar refractivity (Wildman–Crippen MR) is 88.6 cm³/mol. The minimum Gasteiger partial charge on any atom is -0.337 e. The highest BCUT2D eigenvalue weighted by Crippen LogP contribution is 2.32. The van der Waals surface area contributed by atoms with Crippen LogP contribution in [0.15, 0.2) is 28.7 Å². The molecule has 0 saturated carbocycles. The first kappa shape index (κ1) is 15.5. The van der Waals surface area contributed by atoms with E-state index in [0.29, 0.717) is 19.5 Å². The van der Waals surface area contributed by atoms with Crippen LogP contribution in [0.1, 0.15) is 13.3 Å². The maximum Gasteiger partial charge on any atom is 0.239 e. The number of nitrogens with one attached hydrogen (secondary N) is 1. The van der Waals surface area contributed by atoms with Gasteiger partial charge in [0.1, 0.15) is 5.92 Å². The van der Waals surface area contributed by atoms with Crippen LogP contribution in [0.3, 0.4) is 0 Å². The number of anilines is 1. The van der Waals surface area contributed by atoms with Crippen LogP contribution < -0.4 is 10.2 Å². The summed E-state index contributed by atoms with van der Waals surface area (Å²) >= 11 is 3.48. The molecular weight excluding hydrogens is 346 g/mol. The van der Waals surface area contributed by atoms with Crippen molar-refractivity contribution in [2.75, 3.05) is 31.1 Å². The maximum absolute atomic E-state index is 12.7. The van der Waals surface area contributed by atoms with E-state index in [0.717, 1.165) is 23.2 Å². The highest BCUT2D eigenvalue weighted by molar-refractivity contribution is 9.10. The molecule has 0 aliphatic carbocycles. The normalized spacial score (nSPS) is 25.6. The summed E-state index contributed by atoms with van der Waals surface area (Å²) in [6.07, 6.45) is 0.593. The van der Waals surface area contributed by atoms with Gasteiger partial charge in [0.15, 0.2) is 0 Å². The molecular formula is C16H20BrN3O2. The minimum atomic E-state index is -0.535. The molecule has 0 aromatic heterocycles. The van der Waals surface area contributed by atoms with E-state index < -0.39 is 5.92 Å². The standard InChI is InChI=1S/C16H20BrN3O2/c1-11-10-18-7-9-19(11)15(21)12-6-8-20(16(12)22)14-5-3-2-4-13(14)17/h2-5,11-12,18H,6-10H2,1H3/t11-,12-/m1/s1. The van der Waals surface area contributed by atoms with Gasteiger partial charge in [0.2, 0.25) is 11.8 Å². The summed E-state index contributed by atoms with van der Waals surface area (Å²) in [4.78, 5) is 29.0. The zero-order valence-corrected chi connectivity index (χ0v) is 14.2. The average Bonchev–Trinajstić information content (AvgIpc) is 2.89. The molecule has 2 heterocycles. The van der Waals surface area contributed by atoms with Crippen molar-refractivity contribution in [1.82, 2.24) is 10.2 Å². The second-order valence-corrected chi connectivity index (χ2v) is 6.72. The molecule has 118 valence electrons. The van der Waals surface area contributed by atoms with E-state index in [1.54, 1.807) is 4.90 Å². The number of benzene rings is 1. The van der Waals surface area contributed by atoms with Crippen LogP contribution in [-0.4, -0.2) is 48.9 Å². The molecule has 0 spiro atoms. The van der Waals surface area contributed by atoms with Crippen molar-refractivity contribution in [3.63, 3.8) is 0 Å². The molecule has 1 N–H and O–H groups in total. The van der Waals surface area contributed by atoms with E-state index in [2.05, 4.69) is 21.2 Å². The van der Waals surface area contributed by atoms with Gasteiger partial charge in [-0.1, -0.05) is 12.1 Å². The molecule has 2 aliphatic rings. The van der Waals surface area contributed by atoms with Crippen molar-refractivity contribution in [3.8, 4) is 0 Å². The molecule has 1 aromatic rings. The van der Waals surface area contributed by atoms with Crippen molar-refractivity contribution in [1.29, 1.82) is 0 Å². The van der Waals surface area contributed by atoms with Crippen molar-refractivity contribution >= 4 is 33.4 Å². The lowest BCUT2D eigenvalue weighted by atomic mass is 10.0. The summed E-state index contributed by atoms with van der Waals surface area (Å²) in [6, 6.07) is 7.78. The highest BCUT2D eigenvalue weighted by Gasteiger charge is 2.41. The van der Waals surface area contributed by atoms with Gasteiger partial charge in [-0.2, -0.15) is 0 Å². The van der Waals surface area contributed by atoms with Crippen LogP contribution in [0, 0.1) is 5.92 Å². The number of carbonyl (C=O) groups excluding carboxylic acids is 2. The molecule has 2 amide bonds. The van der Waals surface area contributed by atoms with Crippen molar-refractivity contribution in [3.05, 3.63) is 28.7 Å². The van der Waals surface area contributed by atoms with Gasteiger partial charge < -0.3 is 15.1 Å². The summed E-state index contributed by atoms with van der Waals surface area (Å²) in [7, 11) is 0. The molecule has 0 bridgehead atoms. The lowest BCUT2D eigenvalue weighted by molar-refractivity contribution is -0.142. The van der Waals surface area contributed by atoms with E-state index in [1.807, 2.05) is 36.1 Å². The Morgan fingerprint density at radius 2 is 2.09 bits per heavy atom. The number of hydrogen-bond donors (Lipinski definition) is 1. The first-order chi connectivity index (χ1) is 10.6. The number of para-hydroxylation sites is 1. The summed E-state index contributed by atoms with van der Waals surface area (Å²) < 4.78 is 0.881. The molecule has 2 atom stereocenters. The van der Waals surface area contributed by atoms with Crippen molar-refractivity contribution in [2.45, 2.75) is 19.4 Å². The van der Waals surface area contributed by atoms with E-state index in [4.69, 9.17) is 0 Å². The number of amides is 2. The second kappa shape index (κ2) is 6.38. The van der Waals surface area contributed by atoms with Gasteiger partial charge in [0.25, 0.3) is 0 Å². The van der Waals surface area contributed by atoms with Gasteiger partial charge in [-0.05, 0) is 41.4 Å². The number of hydrogen-bond acceptors (Lipinski definition) is 3. The molecule has 2 fully saturated rings. The summed E-state index contributed by atoms with van der Waals surface area (Å²) in [5, 5.41) is 3.27. The number of piperazine rings is 1. The van der Waals surface area contributed by atoms with E-state index in [-0.39, 0.29) is 17.9 Å². The molecule has 0 unspecified atom stereocenters. The third-order valence-corrected chi connectivity index (χ3v) is 5.10. The lowest BCUT2D eigenvalue weighted by Gasteiger charge is -2.35. The van der Waals surface area contributed by atoms with Gasteiger partial charge in [-0.25, -0.2) is 0 Å². The highest BCUT2D eigenvalue weighted by atomic mass is 79.9. The van der Waals surface area contributed by atoms with Crippen LogP contribution in [0.25, 0.3) is 0 Å². The van der Waals surface area contributed by atoms with Crippen molar-refractivity contribution in [2.24, 2.45) is 5.92 Å². The summed E-state index contributed by atoms with van der Waals surface area (Å²) in [5.41, 5.74) is 0.844. The Bertz CT molecular complexity index is 593. The first-order valence-electron chi connectivity index (χ1n) is 7.66. The van der Waals surface area contributed by atoms with Gasteiger partial charge in [-0.3, -0.25) is 9.59 Å². The van der Waals surface area contributed by atoms with Crippen molar-refractivity contribution < 1.29 is 9.59 Å². The third kappa shape index (κ3) is 2.77. The topological polar surface area (TPSA) is 52.7 Å². The van der Waals surface area contributed by atoms with Gasteiger partial charge >= 0.3 is 0 Å². The fraction of sp³-hybridized carbons (Fsp3) is 0.500. The maximum atomic E-state index is 12.7. The molecule has 2 saturated heterocycles. The van der Waals surface area contributed by atoms with Gasteiger partial charge in [0.05, 0.1) is 5.69 Å². The monoisotopic (exact) mass is 365 g/mol. The number of halogens is 1. The Morgan fingerprint density at radius 1 is 1.32 bits per heavy atom. The third-order valence-electron chi connectivity index (χ3n) is 4.43. The zero-order valence-electron chi connectivity index (χ0n) is 12.6. The number of carbonyl (C=O) groups is 2. The Balaban J connectivity index is 1.76. The Kier molecular flexibility index (Phi) is 4.49. The van der Waals surface area contributed by atoms with Crippen LogP contribution >= 0.6 is 15.9 Å². The fourth-order valence-corrected chi connectivity index (χ4v) is 3.69. The minimum absolute atomic E-state index is 0.0199. The Hall–Kier alpha value is -1.40. The average molecular weight is 366 g/mol. The van der Waals surface area contributed by atoms with Crippen LogP contribution in [0.4, 0.5) is 5.69 Å². The second-order valence-electron chi connectivity index (χ2n) is 5.87. The summed E-state index contributed by atoms with van der Waals surface area (Å²) in [5.74, 6) is -0.635. The molecule has 2 aliphatic heterocycles. The zero-order chi connectivity index (χ0) is 15.7. The molecule has 3 rings (SSSR count). The van der Waals surface area contributed by atoms with Crippen LogP contribution in [0.2, 0.25) is 0 Å². The largest absolute Gasteiger partial charge is 0.337 e. The fourth-order valence-electron chi connectivity index (χ4n) is 3.19. The first-order valence-corrected chi connectivity index (χ1v) is 8.46. The lowest BCUT2D eigenvalue weighted by Crippen LogP contribution is -2.54. The van der Waals surface area contributed by atoms with E-state index in [1.165, 1.54) is 0 Å². The van der Waals surface area contributed by atoms with E-state index >= 15 is 0 Å². The number of rotatable bonds is 2. The smallest absolute Gasteiger partial charge is 0.239 e. The Morgan fingerprint density at radius 3 is 2.82 bits per heavy atom. The quantitative estimate of drug-likeness (QED) is 0.810. The molecule has 22 heavy (non-hydrogen) atoms. The van der Waals surface area contributed by atoms with E-state index in [9.17, 15) is 9.59 Å². The van der Waals surface area contributed by atoms with Gasteiger partial charge in [0, 0.05) is 36.7 Å². The molecule has 6 heteroatoms. The SMILES string of the molecule is C[C@@H]1CNCCN1C(=O)[C@H]1CCN(c2ccccc2Br)C1=O. The predicted octanol–water partition coefficient (Wildman–Crippen LogP) is 1.62. The Labute approximate surface area is 138 Å². The van der Waals surface area contributed by atoms with Crippen LogP contribution in [0.5, 0.6) is 0 Å². The van der Waals surface area contributed by atoms with Crippen LogP contribution in [-0.2, 0) is 9.59 Å². The van der Waals surface area contributed by atoms with Gasteiger partial charge in [-0.15, -0.1) is 0 Å². The molecule has 0 radical (unpaired) electrons. The molecule has 5 nitrogen and oxygen atoms in total. The molecule has 1 aromatic carbocycles. The number of nitrogens with zero attached hydrogens (tertiary/aromatic N) is 2. The summed E-state index contributed by atoms with van der Waals surface area (Å²) in [6.45, 7) is 4.89.